The van der Waals surface area contributed by atoms with Gasteiger partial charge in [-0.15, -0.1) is 0 Å². The van der Waals surface area contributed by atoms with E-state index in [4.69, 9.17) is 4.74 Å². The fraction of sp³-hybridized carbons (Fsp3) is 0.200. The van der Waals surface area contributed by atoms with E-state index >= 15 is 0 Å². The van der Waals surface area contributed by atoms with Crippen LogP contribution in [0.3, 0.4) is 0 Å². The number of hydrogen-bond donors (Lipinski definition) is 1. The summed E-state index contributed by atoms with van der Waals surface area (Å²) in [5.74, 6) is 2.97. The first-order chi connectivity index (χ1) is 4.47. The highest BCUT2D eigenvalue weighted by atomic mass is 16.8. The summed E-state index contributed by atoms with van der Waals surface area (Å²) in [6, 6.07) is 0. The minimum atomic E-state index is 0.439. The summed E-state index contributed by atoms with van der Waals surface area (Å²) in [5.41, 5.74) is 0.810. The smallest absolute Gasteiger partial charge is 0.336 e. The van der Waals surface area contributed by atoms with E-state index in [0.717, 1.165) is 5.70 Å². The normalized spacial score (nSPS) is 20.4. The molecule has 0 unspecified atom stereocenters. The standard InChI is InChI=1S/C5H4N2O2/c1-2-7-9-5-4(1)6-3-8-5/h1,6H,3H2. The molecule has 0 aromatic heterocycles. The van der Waals surface area contributed by atoms with Crippen LogP contribution in [0.2, 0.25) is 0 Å². The Hall–Kier alpha value is -1.41. The molecule has 0 atom stereocenters. The lowest BCUT2D eigenvalue weighted by atomic mass is 10.4. The van der Waals surface area contributed by atoms with Gasteiger partial charge < -0.3 is 14.9 Å². The van der Waals surface area contributed by atoms with Gasteiger partial charge in [0.25, 0.3) is 0 Å². The number of rotatable bonds is 0. The summed E-state index contributed by atoms with van der Waals surface area (Å²) in [4.78, 5) is 4.68. The number of nitrogens with one attached hydrogen (secondary N) is 1. The third kappa shape index (κ3) is 0.571. The topological polar surface area (TPSA) is 42.8 Å². The van der Waals surface area contributed by atoms with E-state index in [2.05, 4.69) is 21.2 Å². The lowest BCUT2D eigenvalue weighted by Gasteiger charge is -1.97. The Balaban J connectivity index is 2.37. The van der Waals surface area contributed by atoms with Crippen LogP contribution in [-0.4, -0.2) is 12.6 Å². The highest BCUT2D eigenvalue weighted by molar-refractivity contribution is 5.58. The van der Waals surface area contributed by atoms with Crippen molar-refractivity contribution >= 4 is 5.87 Å². The van der Waals surface area contributed by atoms with Gasteiger partial charge in [0.05, 0.1) is 0 Å². The van der Waals surface area contributed by atoms with E-state index in [9.17, 15) is 0 Å². The summed E-state index contributed by atoms with van der Waals surface area (Å²) < 4.78 is 4.94. The molecule has 0 saturated carbocycles. The van der Waals surface area contributed by atoms with Crippen LogP contribution in [0.25, 0.3) is 0 Å². The third-order valence-electron chi connectivity index (χ3n) is 1.08. The fourth-order valence-corrected chi connectivity index (χ4v) is 0.673. The summed E-state index contributed by atoms with van der Waals surface area (Å²) in [6.07, 6.45) is 1.67. The maximum atomic E-state index is 4.94. The van der Waals surface area contributed by atoms with Crippen LogP contribution in [0.4, 0.5) is 0 Å². The molecule has 4 heteroatoms. The van der Waals surface area contributed by atoms with Crippen LogP contribution in [0, 0.1) is 0 Å². The predicted molar refractivity (Wildman–Crippen MR) is 29.2 cm³/mol. The van der Waals surface area contributed by atoms with Gasteiger partial charge in [-0.25, -0.2) is 0 Å². The van der Waals surface area contributed by atoms with Gasteiger partial charge in [0.1, 0.15) is 5.70 Å². The zero-order valence-corrected chi connectivity index (χ0v) is 4.55. The van der Waals surface area contributed by atoms with Crippen LogP contribution >= 0.6 is 0 Å². The van der Waals surface area contributed by atoms with Gasteiger partial charge in [-0.05, 0) is 5.16 Å². The number of allylic oxidation sites excluding steroid dienone is 1. The highest BCUT2D eigenvalue weighted by Gasteiger charge is 2.16. The van der Waals surface area contributed by atoms with Crippen LogP contribution in [0.1, 0.15) is 0 Å². The minimum Gasteiger partial charge on any atom is -0.441 e. The molecule has 0 aromatic rings. The van der Waals surface area contributed by atoms with Gasteiger partial charge in [0.2, 0.25) is 0 Å². The summed E-state index contributed by atoms with van der Waals surface area (Å²) in [6.45, 7) is 0.457. The number of ether oxygens (including phenoxy) is 1. The van der Waals surface area contributed by atoms with Crippen molar-refractivity contribution in [3.05, 3.63) is 17.7 Å². The van der Waals surface area contributed by atoms with Gasteiger partial charge in [-0.2, -0.15) is 0 Å². The van der Waals surface area contributed by atoms with Gasteiger partial charge in [0.15, 0.2) is 6.73 Å². The van der Waals surface area contributed by atoms with Crippen molar-refractivity contribution in [3.8, 4) is 0 Å². The summed E-state index contributed by atoms with van der Waals surface area (Å²) >= 11 is 0. The maximum Gasteiger partial charge on any atom is 0.336 e. The fourth-order valence-electron chi connectivity index (χ4n) is 0.673. The first-order valence-electron chi connectivity index (χ1n) is 2.53. The van der Waals surface area contributed by atoms with Crippen molar-refractivity contribution in [2.45, 2.75) is 0 Å². The summed E-state index contributed by atoms with van der Waals surface area (Å²) in [5, 5.41) is 6.30. The Kier molecular flexibility index (Phi) is 0.761. The van der Waals surface area contributed by atoms with Crippen molar-refractivity contribution in [2.75, 3.05) is 6.73 Å². The molecule has 4 nitrogen and oxygen atoms in total. The monoisotopic (exact) mass is 124 g/mol. The van der Waals surface area contributed by atoms with Crippen molar-refractivity contribution < 1.29 is 9.57 Å². The molecule has 2 rings (SSSR count). The molecule has 0 fully saturated rings. The molecular weight excluding hydrogens is 120 g/mol. The molecule has 0 aromatic carbocycles. The zero-order valence-electron chi connectivity index (χ0n) is 4.55. The van der Waals surface area contributed by atoms with Crippen LogP contribution in [0.5, 0.6) is 0 Å². The summed E-state index contributed by atoms with van der Waals surface area (Å²) in [7, 11) is 0. The van der Waals surface area contributed by atoms with Crippen molar-refractivity contribution in [1.29, 1.82) is 0 Å². The van der Waals surface area contributed by atoms with Crippen molar-refractivity contribution in [3.63, 3.8) is 0 Å². The molecule has 9 heavy (non-hydrogen) atoms. The van der Waals surface area contributed by atoms with E-state index in [1.165, 1.54) is 0 Å². The first kappa shape index (κ1) is 4.47. The van der Waals surface area contributed by atoms with Crippen LogP contribution in [0.15, 0.2) is 22.9 Å². The molecule has 1 N–H and O–H groups in total. The molecule has 0 aliphatic carbocycles. The molecule has 0 amide bonds. The van der Waals surface area contributed by atoms with Gasteiger partial charge >= 0.3 is 5.95 Å². The second-order valence-electron chi connectivity index (χ2n) is 1.62. The third-order valence-corrected chi connectivity index (χ3v) is 1.08. The zero-order chi connectivity index (χ0) is 6.10. The predicted octanol–water partition coefficient (Wildman–Crippen LogP) is -0.0961. The van der Waals surface area contributed by atoms with Crippen molar-refractivity contribution in [1.82, 2.24) is 5.32 Å². The van der Waals surface area contributed by atoms with Crippen molar-refractivity contribution in [2.24, 2.45) is 5.16 Å². The lowest BCUT2D eigenvalue weighted by molar-refractivity contribution is 0.0541. The Morgan fingerprint density at radius 2 is 2.78 bits per heavy atom. The Morgan fingerprint density at radius 3 is 3.67 bits per heavy atom. The van der Waals surface area contributed by atoms with E-state index in [0.29, 0.717) is 12.7 Å². The first-order valence-corrected chi connectivity index (χ1v) is 2.53. The average molecular weight is 124 g/mol. The molecular formula is C5H4N2O2. The molecule has 2 aliphatic heterocycles. The minimum absolute atomic E-state index is 0.439. The molecule has 2 heterocycles. The molecule has 0 radical (unpaired) electrons. The Bertz CT molecular complexity index is 225. The van der Waals surface area contributed by atoms with E-state index in [-0.39, 0.29) is 0 Å². The SMILES string of the molecule is C1=CC2=C(OCN2)ON=1. The Morgan fingerprint density at radius 1 is 1.78 bits per heavy atom. The van der Waals surface area contributed by atoms with Gasteiger partial charge in [-0.1, -0.05) is 0 Å². The molecule has 0 bridgehead atoms. The molecule has 46 valence electrons. The molecule has 0 saturated heterocycles. The lowest BCUT2D eigenvalue weighted by Crippen LogP contribution is -2.06. The molecule has 0 spiro atoms. The van der Waals surface area contributed by atoms with E-state index < -0.39 is 0 Å². The number of nitrogens with zero attached hydrogens (tertiary/aromatic N) is 1. The Labute approximate surface area is 51.4 Å². The average Bonchev–Trinajstić information content (AvgIpc) is 2.33. The highest BCUT2D eigenvalue weighted by Crippen LogP contribution is 2.13. The van der Waals surface area contributed by atoms with E-state index in [1.807, 2.05) is 0 Å². The maximum absolute atomic E-state index is 4.94. The van der Waals surface area contributed by atoms with Crippen LogP contribution in [-0.2, 0) is 9.57 Å². The number of hydrogen-bond acceptors (Lipinski definition) is 4. The van der Waals surface area contributed by atoms with Crippen LogP contribution < -0.4 is 5.32 Å². The van der Waals surface area contributed by atoms with Gasteiger partial charge in [0, 0.05) is 11.9 Å². The second-order valence-corrected chi connectivity index (χ2v) is 1.62. The molecule has 2 aliphatic rings. The van der Waals surface area contributed by atoms with E-state index in [1.54, 1.807) is 6.08 Å². The second kappa shape index (κ2) is 1.53. The largest absolute Gasteiger partial charge is 0.441 e. The quantitative estimate of drug-likeness (QED) is 0.490. The van der Waals surface area contributed by atoms with Gasteiger partial charge in [-0.3, -0.25) is 0 Å².